The average molecular weight is 259 g/mol. The molecular formula is C14H17N3S. The summed E-state index contributed by atoms with van der Waals surface area (Å²) in [5.41, 5.74) is 8.44. The Morgan fingerprint density at radius 3 is 3.06 bits per heavy atom. The van der Waals surface area contributed by atoms with Crippen LogP contribution in [0, 0.1) is 11.3 Å². The second-order valence-corrected chi connectivity index (χ2v) is 5.76. The molecule has 0 fully saturated rings. The third kappa shape index (κ3) is 2.69. The molecule has 0 aliphatic carbocycles. The molecule has 0 radical (unpaired) electrons. The van der Waals surface area contributed by atoms with Crippen LogP contribution in [-0.2, 0) is 5.75 Å². The fraction of sp³-hybridized carbons (Fsp3) is 0.357. The number of thioether (sulfide) groups is 1. The van der Waals surface area contributed by atoms with Gasteiger partial charge in [-0.1, -0.05) is 13.0 Å². The van der Waals surface area contributed by atoms with Crippen LogP contribution in [0.3, 0.4) is 0 Å². The molecule has 0 amide bonds. The Morgan fingerprint density at radius 1 is 1.50 bits per heavy atom. The minimum Gasteiger partial charge on any atom is -0.330 e. The number of nitrogens with zero attached hydrogens (tertiary/aromatic N) is 2. The molecule has 0 saturated heterocycles. The smallest absolute Gasteiger partial charge is 0.102 e. The highest BCUT2D eigenvalue weighted by atomic mass is 32.2. The molecule has 94 valence electrons. The van der Waals surface area contributed by atoms with Crippen LogP contribution in [0.25, 0.3) is 5.52 Å². The lowest BCUT2D eigenvalue weighted by Gasteiger charge is -2.08. The Balaban J connectivity index is 2.20. The molecule has 0 aliphatic rings. The van der Waals surface area contributed by atoms with E-state index in [0.717, 1.165) is 35.4 Å². The number of nitriles is 1. The summed E-state index contributed by atoms with van der Waals surface area (Å²) in [5, 5.41) is 9.81. The van der Waals surface area contributed by atoms with Gasteiger partial charge in [0, 0.05) is 23.4 Å². The lowest BCUT2D eigenvalue weighted by molar-refractivity contribution is 0.823. The van der Waals surface area contributed by atoms with Crippen LogP contribution in [0.4, 0.5) is 0 Å². The Kier molecular flexibility index (Phi) is 4.29. The van der Waals surface area contributed by atoms with Gasteiger partial charge in [0.25, 0.3) is 0 Å². The van der Waals surface area contributed by atoms with E-state index >= 15 is 0 Å². The molecule has 2 aromatic heterocycles. The summed E-state index contributed by atoms with van der Waals surface area (Å²) in [6.07, 6.45) is 5.05. The first kappa shape index (κ1) is 13.0. The molecule has 0 aliphatic heterocycles. The van der Waals surface area contributed by atoms with Gasteiger partial charge < -0.3 is 10.1 Å². The van der Waals surface area contributed by atoms with Crippen LogP contribution in [0.15, 0.2) is 30.6 Å². The predicted molar refractivity (Wildman–Crippen MR) is 76.5 cm³/mol. The molecule has 0 spiro atoms. The molecule has 4 heteroatoms. The van der Waals surface area contributed by atoms with Gasteiger partial charge in [0.2, 0.25) is 0 Å². The standard InChI is InChI=1S/C14H17N3S/c1-11(5-6-15)18-10-12-9-17-7-3-2-4-14(17)13(12)8-16/h2-4,7,9,11H,5-6,10,15H2,1H3. The van der Waals surface area contributed by atoms with Crippen LogP contribution >= 0.6 is 11.8 Å². The van der Waals surface area contributed by atoms with E-state index in [1.807, 2.05) is 40.6 Å². The Hall–Kier alpha value is -1.44. The van der Waals surface area contributed by atoms with E-state index < -0.39 is 0 Å². The van der Waals surface area contributed by atoms with E-state index in [9.17, 15) is 5.26 Å². The third-order valence-electron chi connectivity index (χ3n) is 2.97. The van der Waals surface area contributed by atoms with Gasteiger partial charge in [-0.25, -0.2) is 0 Å². The molecule has 1 atom stereocenters. The molecular weight excluding hydrogens is 242 g/mol. The van der Waals surface area contributed by atoms with Crippen molar-refractivity contribution in [2.75, 3.05) is 6.54 Å². The first-order chi connectivity index (χ1) is 8.76. The first-order valence-corrected chi connectivity index (χ1v) is 7.11. The van der Waals surface area contributed by atoms with Gasteiger partial charge in [-0.3, -0.25) is 0 Å². The number of aromatic nitrogens is 1. The lowest BCUT2D eigenvalue weighted by atomic mass is 10.2. The zero-order valence-corrected chi connectivity index (χ0v) is 11.3. The van der Waals surface area contributed by atoms with Crippen molar-refractivity contribution in [1.29, 1.82) is 5.26 Å². The summed E-state index contributed by atoms with van der Waals surface area (Å²) in [7, 11) is 0. The third-order valence-corrected chi connectivity index (χ3v) is 4.25. The minimum absolute atomic E-state index is 0.532. The summed E-state index contributed by atoms with van der Waals surface area (Å²) >= 11 is 1.85. The second kappa shape index (κ2) is 5.94. The van der Waals surface area contributed by atoms with Crippen LogP contribution in [0.5, 0.6) is 0 Å². The molecule has 0 bridgehead atoms. The van der Waals surface area contributed by atoms with Gasteiger partial charge in [0.05, 0.1) is 11.1 Å². The number of hydrogen-bond acceptors (Lipinski definition) is 3. The quantitative estimate of drug-likeness (QED) is 0.898. The maximum atomic E-state index is 9.28. The molecule has 1 unspecified atom stereocenters. The predicted octanol–water partition coefficient (Wildman–Crippen LogP) is 2.78. The fourth-order valence-electron chi connectivity index (χ4n) is 1.97. The Morgan fingerprint density at radius 2 is 2.33 bits per heavy atom. The highest BCUT2D eigenvalue weighted by molar-refractivity contribution is 7.99. The van der Waals surface area contributed by atoms with Gasteiger partial charge in [0.1, 0.15) is 6.07 Å². The number of pyridine rings is 1. The number of fused-ring (bicyclic) bond motifs is 1. The van der Waals surface area contributed by atoms with Crippen molar-refractivity contribution in [1.82, 2.24) is 4.40 Å². The van der Waals surface area contributed by atoms with E-state index in [0.29, 0.717) is 5.25 Å². The van der Waals surface area contributed by atoms with E-state index in [1.165, 1.54) is 0 Å². The van der Waals surface area contributed by atoms with Crippen molar-refractivity contribution in [3.05, 3.63) is 41.7 Å². The van der Waals surface area contributed by atoms with Crippen LogP contribution in [0.1, 0.15) is 24.5 Å². The van der Waals surface area contributed by atoms with Gasteiger partial charge in [0.15, 0.2) is 0 Å². The molecule has 18 heavy (non-hydrogen) atoms. The molecule has 2 N–H and O–H groups in total. The van der Waals surface area contributed by atoms with Crippen LogP contribution in [-0.4, -0.2) is 16.2 Å². The van der Waals surface area contributed by atoms with E-state index in [1.54, 1.807) is 0 Å². The van der Waals surface area contributed by atoms with Gasteiger partial charge in [-0.2, -0.15) is 17.0 Å². The topological polar surface area (TPSA) is 54.2 Å². The monoisotopic (exact) mass is 259 g/mol. The Bertz CT molecular complexity index is 568. The zero-order valence-electron chi connectivity index (χ0n) is 10.5. The van der Waals surface area contributed by atoms with Crippen molar-refractivity contribution < 1.29 is 0 Å². The largest absolute Gasteiger partial charge is 0.330 e. The molecule has 0 saturated carbocycles. The highest BCUT2D eigenvalue weighted by Crippen LogP contribution is 2.25. The highest BCUT2D eigenvalue weighted by Gasteiger charge is 2.11. The van der Waals surface area contributed by atoms with Crippen LogP contribution in [0.2, 0.25) is 0 Å². The van der Waals surface area contributed by atoms with Gasteiger partial charge >= 0.3 is 0 Å². The maximum absolute atomic E-state index is 9.28. The summed E-state index contributed by atoms with van der Waals surface area (Å²) in [6.45, 7) is 2.90. The van der Waals surface area contributed by atoms with Crippen molar-refractivity contribution in [3.8, 4) is 6.07 Å². The lowest BCUT2D eigenvalue weighted by Crippen LogP contribution is -2.07. The fourth-order valence-corrected chi connectivity index (χ4v) is 2.95. The molecule has 3 nitrogen and oxygen atoms in total. The molecule has 0 aromatic carbocycles. The summed E-state index contributed by atoms with van der Waals surface area (Å²) in [4.78, 5) is 0. The van der Waals surface area contributed by atoms with Gasteiger partial charge in [-0.05, 0) is 30.7 Å². The minimum atomic E-state index is 0.532. The number of nitrogens with two attached hydrogens (primary N) is 1. The van der Waals surface area contributed by atoms with Crippen molar-refractivity contribution in [2.24, 2.45) is 5.73 Å². The molecule has 2 heterocycles. The van der Waals surface area contributed by atoms with E-state index in [-0.39, 0.29) is 0 Å². The maximum Gasteiger partial charge on any atom is 0.102 e. The zero-order chi connectivity index (χ0) is 13.0. The molecule has 2 aromatic rings. The average Bonchev–Trinajstić information content (AvgIpc) is 2.74. The SMILES string of the molecule is CC(CCN)SCc1cn2ccccc2c1C#N. The van der Waals surface area contributed by atoms with Crippen molar-refractivity contribution in [3.63, 3.8) is 0 Å². The summed E-state index contributed by atoms with van der Waals surface area (Å²) in [6, 6.07) is 8.23. The van der Waals surface area contributed by atoms with Crippen molar-refractivity contribution in [2.45, 2.75) is 24.3 Å². The number of hydrogen-bond donors (Lipinski definition) is 1. The summed E-state index contributed by atoms with van der Waals surface area (Å²) < 4.78 is 2.02. The van der Waals surface area contributed by atoms with E-state index in [4.69, 9.17) is 5.73 Å². The van der Waals surface area contributed by atoms with E-state index in [2.05, 4.69) is 19.2 Å². The number of rotatable bonds is 5. The second-order valence-electron chi connectivity index (χ2n) is 4.33. The normalized spacial score (nSPS) is 12.5. The molecule has 2 rings (SSSR count). The summed E-state index contributed by atoms with van der Waals surface area (Å²) in [5.74, 6) is 0.867. The first-order valence-electron chi connectivity index (χ1n) is 6.06. The van der Waals surface area contributed by atoms with Crippen LogP contribution < -0.4 is 5.73 Å². The Labute approximate surface area is 112 Å². The van der Waals surface area contributed by atoms with Gasteiger partial charge in [-0.15, -0.1) is 0 Å². The van der Waals surface area contributed by atoms with Crippen molar-refractivity contribution >= 4 is 17.3 Å².